The summed E-state index contributed by atoms with van der Waals surface area (Å²) in [6.45, 7) is 7.69. The molecule has 1 N–H and O–H groups in total. The fourth-order valence-corrected chi connectivity index (χ4v) is 2.44. The van der Waals surface area contributed by atoms with Crippen LogP contribution in [0.25, 0.3) is 0 Å². The van der Waals surface area contributed by atoms with Gasteiger partial charge in [-0.3, -0.25) is 0 Å². The van der Waals surface area contributed by atoms with Crippen LogP contribution in [0.3, 0.4) is 0 Å². The molecule has 0 bridgehead atoms. The van der Waals surface area contributed by atoms with Crippen LogP contribution in [0.4, 0.5) is 4.39 Å². The monoisotopic (exact) mass is 415 g/mol. The molecule has 0 amide bonds. The maximum Gasteiger partial charge on any atom is 0.124 e. The van der Waals surface area contributed by atoms with Gasteiger partial charge < -0.3 is 10.1 Å². The zero-order valence-electron chi connectivity index (χ0n) is 14.2. The van der Waals surface area contributed by atoms with E-state index in [4.69, 9.17) is 4.74 Å². The first-order valence-corrected chi connectivity index (χ1v) is 8.59. The van der Waals surface area contributed by atoms with E-state index in [1.165, 1.54) is 12.1 Å². The van der Waals surface area contributed by atoms with Gasteiger partial charge >= 0.3 is 0 Å². The third-order valence-corrected chi connectivity index (χ3v) is 4.46. The second-order valence-corrected chi connectivity index (χ2v) is 7.17. The summed E-state index contributed by atoms with van der Waals surface area (Å²) >= 11 is 3.51. The SMILES string of the molecule is CCC(C)(C)NCc1cc(Br)ccc1OCc1ccc(F)cc1.Cl. The van der Waals surface area contributed by atoms with Crippen molar-refractivity contribution in [2.75, 3.05) is 0 Å². The minimum atomic E-state index is -0.232. The van der Waals surface area contributed by atoms with Crippen LogP contribution >= 0.6 is 28.3 Å². The van der Waals surface area contributed by atoms with E-state index in [0.717, 1.165) is 34.3 Å². The highest BCUT2D eigenvalue weighted by Gasteiger charge is 2.15. The molecule has 0 spiro atoms. The molecule has 2 nitrogen and oxygen atoms in total. The molecule has 0 aromatic heterocycles. The van der Waals surface area contributed by atoms with Crippen molar-refractivity contribution in [3.05, 3.63) is 63.9 Å². The summed E-state index contributed by atoms with van der Waals surface area (Å²) in [5.41, 5.74) is 2.13. The standard InChI is InChI=1S/C19H23BrFNO.ClH/c1-4-19(2,3)22-12-15-11-16(20)7-10-18(15)23-13-14-5-8-17(21)9-6-14;/h5-11,22H,4,12-13H2,1-3H3;1H. The minimum Gasteiger partial charge on any atom is -0.489 e. The predicted octanol–water partition coefficient (Wildman–Crippen LogP) is 5.87. The van der Waals surface area contributed by atoms with Crippen LogP contribution in [0, 0.1) is 5.82 Å². The molecular formula is C19H24BrClFNO. The Bertz CT molecular complexity index is 646. The largest absolute Gasteiger partial charge is 0.489 e. The van der Waals surface area contributed by atoms with Gasteiger partial charge in [-0.2, -0.15) is 0 Å². The molecule has 0 aliphatic heterocycles. The number of rotatable bonds is 7. The maximum absolute atomic E-state index is 12.9. The highest BCUT2D eigenvalue weighted by Crippen LogP contribution is 2.25. The van der Waals surface area contributed by atoms with Gasteiger partial charge in [-0.1, -0.05) is 35.0 Å². The van der Waals surface area contributed by atoms with Crippen molar-refractivity contribution in [3.63, 3.8) is 0 Å². The number of hydrogen-bond acceptors (Lipinski definition) is 2. The van der Waals surface area contributed by atoms with E-state index in [1.54, 1.807) is 12.1 Å². The number of halogens is 3. The fraction of sp³-hybridized carbons (Fsp3) is 0.368. The van der Waals surface area contributed by atoms with E-state index < -0.39 is 0 Å². The minimum absolute atomic E-state index is 0. The molecule has 0 saturated heterocycles. The third-order valence-electron chi connectivity index (χ3n) is 3.97. The Labute approximate surface area is 158 Å². The molecule has 0 radical (unpaired) electrons. The Morgan fingerprint density at radius 1 is 1.12 bits per heavy atom. The van der Waals surface area contributed by atoms with Gasteiger partial charge in [0.15, 0.2) is 0 Å². The lowest BCUT2D eigenvalue weighted by Crippen LogP contribution is -2.37. The van der Waals surface area contributed by atoms with E-state index in [1.807, 2.05) is 12.1 Å². The van der Waals surface area contributed by atoms with E-state index in [0.29, 0.717) is 6.61 Å². The van der Waals surface area contributed by atoms with E-state index in [2.05, 4.69) is 48.1 Å². The summed E-state index contributed by atoms with van der Waals surface area (Å²) in [6.07, 6.45) is 1.05. The van der Waals surface area contributed by atoms with Crippen molar-refractivity contribution in [2.24, 2.45) is 0 Å². The van der Waals surface area contributed by atoms with Gasteiger partial charge in [0.05, 0.1) is 0 Å². The number of ether oxygens (including phenoxy) is 1. The van der Waals surface area contributed by atoms with E-state index in [-0.39, 0.29) is 23.8 Å². The maximum atomic E-state index is 12.9. The second-order valence-electron chi connectivity index (χ2n) is 6.26. The molecule has 0 aliphatic carbocycles. The lowest BCUT2D eigenvalue weighted by atomic mass is 10.0. The highest BCUT2D eigenvalue weighted by atomic mass is 79.9. The molecule has 0 fully saturated rings. The summed E-state index contributed by atoms with van der Waals surface area (Å²) < 4.78 is 19.9. The van der Waals surface area contributed by atoms with Crippen LogP contribution in [-0.2, 0) is 13.2 Å². The molecule has 2 aromatic carbocycles. The molecule has 0 atom stereocenters. The Kier molecular flexibility index (Phi) is 8.20. The van der Waals surface area contributed by atoms with Crippen LogP contribution in [0.5, 0.6) is 5.75 Å². The van der Waals surface area contributed by atoms with E-state index >= 15 is 0 Å². The topological polar surface area (TPSA) is 21.3 Å². The van der Waals surface area contributed by atoms with Crippen molar-refractivity contribution in [1.29, 1.82) is 0 Å². The van der Waals surface area contributed by atoms with Gasteiger partial charge in [0.2, 0.25) is 0 Å². The van der Waals surface area contributed by atoms with Crippen LogP contribution in [0.2, 0.25) is 0 Å². The van der Waals surface area contributed by atoms with Crippen LogP contribution in [0.1, 0.15) is 38.3 Å². The quantitative estimate of drug-likeness (QED) is 0.609. The molecule has 0 unspecified atom stereocenters. The van der Waals surface area contributed by atoms with Gasteiger partial charge in [0, 0.05) is 22.1 Å². The predicted molar refractivity (Wildman–Crippen MR) is 103 cm³/mol. The summed E-state index contributed by atoms with van der Waals surface area (Å²) in [5, 5.41) is 3.55. The van der Waals surface area contributed by atoms with Crippen LogP contribution < -0.4 is 10.1 Å². The van der Waals surface area contributed by atoms with Gasteiger partial charge in [-0.15, -0.1) is 12.4 Å². The Morgan fingerprint density at radius 3 is 2.42 bits per heavy atom. The van der Waals surface area contributed by atoms with Gasteiger partial charge in [0.25, 0.3) is 0 Å². The highest BCUT2D eigenvalue weighted by molar-refractivity contribution is 9.10. The first kappa shape index (κ1) is 20.9. The lowest BCUT2D eigenvalue weighted by molar-refractivity contribution is 0.298. The van der Waals surface area contributed by atoms with Crippen molar-refractivity contribution >= 4 is 28.3 Å². The van der Waals surface area contributed by atoms with Crippen molar-refractivity contribution in [3.8, 4) is 5.75 Å². The molecule has 2 rings (SSSR count). The van der Waals surface area contributed by atoms with Gasteiger partial charge in [0.1, 0.15) is 18.2 Å². The van der Waals surface area contributed by atoms with Crippen molar-refractivity contribution in [2.45, 2.75) is 45.9 Å². The summed E-state index contributed by atoms with van der Waals surface area (Å²) in [6, 6.07) is 12.4. The summed E-state index contributed by atoms with van der Waals surface area (Å²) in [4.78, 5) is 0. The second kappa shape index (κ2) is 9.40. The molecule has 0 saturated carbocycles. The third kappa shape index (κ3) is 6.42. The summed E-state index contributed by atoms with van der Waals surface area (Å²) in [7, 11) is 0. The smallest absolute Gasteiger partial charge is 0.124 e. The first-order valence-electron chi connectivity index (χ1n) is 7.80. The molecule has 132 valence electrons. The molecule has 2 aromatic rings. The molecule has 0 aliphatic rings. The van der Waals surface area contributed by atoms with Crippen LogP contribution in [0.15, 0.2) is 46.9 Å². The molecule has 5 heteroatoms. The summed E-state index contributed by atoms with van der Waals surface area (Å²) in [5.74, 6) is 0.612. The fourth-order valence-electron chi connectivity index (χ4n) is 2.03. The molecule has 24 heavy (non-hydrogen) atoms. The lowest BCUT2D eigenvalue weighted by Gasteiger charge is -2.25. The Morgan fingerprint density at radius 2 is 1.79 bits per heavy atom. The zero-order chi connectivity index (χ0) is 16.9. The van der Waals surface area contributed by atoms with Crippen molar-refractivity contribution in [1.82, 2.24) is 5.32 Å². The average molecular weight is 417 g/mol. The molecular weight excluding hydrogens is 393 g/mol. The number of hydrogen-bond donors (Lipinski definition) is 1. The normalized spacial score (nSPS) is 11.0. The Balaban J connectivity index is 0.00000288. The van der Waals surface area contributed by atoms with Crippen LogP contribution in [-0.4, -0.2) is 5.54 Å². The van der Waals surface area contributed by atoms with Gasteiger partial charge in [-0.05, 0) is 56.2 Å². The van der Waals surface area contributed by atoms with E-state index in [9.17, 15) is 4.39 Å². The first-order chi connectivity index (χ1) is 10.9. The van der Waals surface area contributed by atoms with Crippen molar-refractivity contribution < 1.29 is 9.13 Å². The Hall–Kier alpha value is -1.10. The number of benzene rings is 2. The average Bonchev–Trinajstić information content (AvgIpc) is 2.53. The van der Waals surface area contributed by atoms with Gasteiger partial charge in [-0.25, -0.2) is 4.39 Å². The zero-order valence-corrected chi connectivity index (χ0v) is 16.6. The number of nitrogens with one attached hydrogen (secondary N) is 1. The molecule has 0 heterocycles.